The third-order valence-electron chi connectivity index (χ3n) is 3.12. The summed E-state index contributed by atoms with van der Waals surface area (Å²) >= 11 is 0. The van der Waals surface area contributed by atoms with E-state index in [1.54, 1.807) is 0 Å². The molecule has 3 rings (SSSR count). The van der Waals surface area contributed by atoms with Gasteiger partial charge in [-0.25, -0.2) is 4.79 Å². The predicted molar refractivity (Wildman–Crippen MR) is 69.4 cm³/mol. The molecule has 17 heavy (non-hydrogen) atoms. The highest BCUT2D eigenvalue weighted by Crippen LogP contribution is 2.24. The highest BCUT2D eigenvalue weighted by molar-refractivity contribution is 6.05. The van der Waals surface area contributed by atoms with E-state index in [0.29, 0.717) is 11.0 Å². The number of hydrogen-bond acceptors (Lipinski definition) is 2. The van der Waals surface area contributed by atoms with E-state index in [0.717, 1.165) is 22.8 Å². The molecule has 2 heteroatoms. The Hall–Kier alpha value is -2.09. The molecule has 0 bridgehead atoms. The highest BCUT2D eigenvalue weighted by Gasteiger charge is 2.09. The van der Waals surface area contributed by atoms with Gasteiger partial charge in [-0.1, -0.05) is 43.3 Å². The third-order valence-corrected chi connectivity index (χ3v) is 3.12. The van der Waals surface area contributed by atoms with Gasteiger partial charge in [-0.3, -0.25) is 0 Å². The fraction of sp³-hybridized carbons (Fsp3) is 0.133. The number of aryl methyl sites for hydroxylation is 1. The molecule has 0 aliphatic carbocycles. The average Bonchev–Trinajstić information content (AvgIpc) is 2.38. The zero-order valence-electron chi connectivity index (χ0n) is 9.57. The summed E-state index contributed by atoms with van der Waals surface area (Å²) in [4.78, 5) is 12.0. The SMILES string of the molecule is CCc1cccc2c1c(=O)oc1ccccc12. The van der Waals surface area contributed by atoms with Crippen LogP contribution in [0, 0.1) is 0 Å². The monoisotopic (exact) mass is 224 g/mol. The Kier molecular flexibility index (Phi) is 2.22. The van der Waals surface area contributed by atoms with Crippen LogP contribution < -0.4 is 5.63 Å². The summed E-state index contributed by atoms with van der Waals surface area (Å²) in [5.74, 6) is 0. The van der Waals surface area contributed by atoms with E-state index in [2.05, 4.69) is 0 Å². The number of rotatable bonds is 1. The molecule has 2 aromatic carbocycles. The maximum Gasteiger partial charge on any atom is 0.344 e. The Bertz CT molecular complexity index is 754. The van der Waals surface area contributed by atoms with Gasteiger partial charge in [0.2, 0.25) is 0 Å². The summed E-state index contributed by atoms with van der Waals surface area (Å²) in [6.45, 7) is 2.05. The zero-order valence-corrected chi connectivity index (χ0v) is 9.57. The van der Waals surface area contributed by atoms with Crippen LogP contribution in [0.2, 0.25) is 0 Å². The molecule has 84 valence electrons. The van der Waals surface area contributed by atoms with Crippen LogP contribution in [0.4, 0.5) is 0 Å². The first kappa shape index (κ1) is 10.1. The Balaban J connectivity index is 2.63. The van der Waals surface area contributed by atoms with E-state index < -0.39 is 0 Å². The second-order valence-electron chi connectivity index (χ2n) is 4.08. The maximum atomic E-state index is 12.0. The molecule has 0 N–H and O–H groups in total. The zero-order chi connectivity index (χ0) is 11.8. The van der Waals surface area contributed by atoms with Crippen LogP contribution in [-0.2, 0) is 6.42 Å². The number of hydrogen-bond donors (Lipinski definition) is 0. The predicted octanol–water partition coefficient (Wildman–Crippen LogP) is 3.51. The Morgan fingerprint density at radius 2 is 1.76 bits per heavy atom. The minimum Gasteiger partial charge on any atom is -0.422 e. The molecule has 0 radical (unpaired) electrons. The molecule has 0 amide bonds. The van der Waals surface area contributed by atoms with E-state index in [4.69, 9.17) is 4.42 Å². The molecule has 0 spiro atoms. The Morgan fingerprint density at radius 3 is 2.59 bits per heavy atom. The van der Waals surface area contributed by atoms with Crippen LogP contribution in [0.3, 0.4) is 0 Å². The minimum atomic E-state index is -0.240. The fourth-order valence-corrected chi connectivity index (χ4v) is 2.29. The van der Waals surface area contributed by atoms with Gasteiger partial charge in [-0.2, -0.15) is 0 Å². The van der Waals surface area contributed by atoms with Crippen LogP contribution >= 0.6 is 0 Å². The summed E-state index contributed by atoms with van der Waals surface area (Å²) in [5, 5.41) is 2.70. The molecule has 0 unspecified atom stereocenters. The van der Waals surface area contributed by atoms with Crippen molar-refractivity contribution in [2.75, 3.05) is 0 Å². The van der Waals surface area contributed by atoms with Gasteiger partial charge in [0, 0.05) is 10.8 Å². The second-order valence-corrected chi connectivity index (χ2v) is 4.08. The van der Waals surface area contributed by atoms with E-state index >= 15 is 0 Å². The molecular weight excluding hydrogens is 212 g/mol. The van der Waals surface area contributed by atoms with Gasteiger partial charge >= 0.3 is 5.63 Å². The van der Waals surface area contributed by atoms with Gasteiger partial charge in [0.15, 0.2) is 0 Å². The van der Waals surface area contributed by atoms with Gasteiger partial charge in [0.1, 0.15) is 5.58 Å². The smallest absolute Gasteiger partial charge is 0.344 e. The lowest BCUT2D eigenvalue weighted by Crippen LogP contribution is -2.02. The lowest BCUT2D eigenvalue weighted by atomic mass is 10.0. The van der Waals surface area contributed by atoms with Gasteiger partial charge in [-0.15, -0.1) is 0 Å². The lowest BCUT2D eigenvalue weighted by molar-refractivity contribution is 0.569. The van der Waals surface area contributed by atoms with Crippen LogP contribution in [-0.4, -0.2) is 0 Å². The number of benzene rings is 2. The van der Waals surface area contributed by atoms with Gasteiger partial charge in [0.25, 0.3) is 0 Å². The molecule has 0 fully saturated rings. The number of fused-ring (bicyclic) bond motifs is 3. The van der Waals surface area contributed by atoms with Crippen molar-refractivity contribution in [3.63, 3.8) is 0 Å². The average molecular weight is 224 g/mol. The quantitative estimate of drug-likeness (QED) is 0.467. The minimum absolute atomic E-state index is 0.240. The molecule has 0 atom stereocenters. The van der Waals surface area contributed by atoms with Crippen molar-refractivity contribution < 1.29 is 4.42 Å². The van der Waals surface area contributed by atoms with E-state index in [1.807, 2.05) is 49.4 Å². The van der Waals surface area contributed by atoms with Crippen molar-refractivity contribution in [1.29, 1.82) is 0 Å². The Labute approximate surface area is 98.5 Å². The van der Waals surface area contributed by atoms with Crippen LogP contribution in [0.15, 0.2) is 51.7 Å². The molecule has 0 saturated heterocycles. The maximum absolute atomic E-state index is 12.0. The molecule has 0 saturated carbocycles. The lowest BCUT2D eigenvalue weighted by Gasteiger charge is -2.05. The van der Waals surface area contributed by atoms with Gasteiger partial charge in [0.05, 0.1) is 5.39 Å². The standard InChI is InChI=1S/C15H12O2/c1-2-10-6-5-8-12-11-7-3-4-9-13(11)17-15(16)14(10)12/h3-9H,2H2,1H3. The van der Waals surface area contributed by atoms with Crippen molar-refractivity contribution >= 4 is 21.7 Å². The molecule has 0 aliphatic heterocycles. The van der Waals surface area contributed by atoms with E-state index in [-0.39, 0.29) is 5.63 Å². The van der Waals surface area contributed by atoms with Crippen molar-refractivity contribution in [2.45, 2.75) is 13.3 Å². The van der Waals surface area contributed by atoms with Crippen molar-refractivity contribution in [1.82, 2.24) is 0 Å². The molecule has 1 heterocycles. The van der Waals surface area contributed by atoms with Crippen LogP contribution in [0.5, 0.6) is 0 Å². The summed E-state index contributed by atoms with van der Waals surface area (Å²) < 4.78 is 5.36. The largest absolute Gasteiger partial charge is 0.422 e. The normalized spacial score (nSPS) is 11.1. The topological polar surface area (TPSA) is 30.2 Å². The first-order chi connectivity index (χ1) is 8.31. The molecule has 1 aromatic heterocycles. The first-order valence-electron chi connectivity index (χ1n) is 5.74. The Morgan fingerprint density at radius 1 is 1.00 bits per heavy atom. The highest BCUT2D eigenvalue weighted by atomic mass is 16.4. The molecule has 0 aliphatic rings. The van der Waals surface area contributed by atoms with E-state index in [1.165, 1.54) is 0 Å². The van der Waals surface area contributed by atoms with Gasteiger partial charge < -0.3 is 4.42 Å². The van der Waals surface area contributed by atoms with E-state index in [9.17, 15) is 4.79 Å². The second kappa shape index (κ2) is 3.74. The fourth-order valence-electron chi connectivity index (χ4n) is 2.29. The first-order valence-corrected chi connectivity index (χ1v) is 5.74. The third kappa shape index (κ3) is 1.45. The van der Waals surface area contributed by atoms with Crippen LogP contribution in [0.1, 0.15) is 12.5 Å². The molecule has 3 aromatic rings. The summed E-state index contributed by atoms with van der Waals surface area (Å²) in [6, 6.07) is 13.6. The van der Waals surface area contributed by atoms with Crippen molar-refractivity contribution in [3.8, 4) is 0 Å². The van der Waals surface area contributed by atoms with Gasteiger partial charge in [-0.05, 0) is 18.1 Å². The van der Waals surface area contributed by atoms with Crippen LogP contribution in [0.25, 0.3) is 21.7 Å². The summed E-state index contributed by atoms with van der Waals surface area (Å²) in [6.07, 6.45) is 0.834. The summed E-state index contributed by atoms with van der Waals surface area (Å²) in [7, 11) is 0. The summed E-state index contributed by atoms with van der Waals surface area (Å²) in [5.41, 5.74) is 1.46. The van der Waals surface area contributed by atoms with Crippen molar-refractivity contribution in [3.05, 3.63) is 58.4 Å². The van der Waals surface area contributed by atoms with Crippen molar-refractivity contribution in [2.24, 2.45) is 0 Å². The number of para-hydroxylation sites is 1. The molecular formula is C15H12O2. The molecule has 2 nitrogen and oxygen atoms in total.